The van der Waals surface area contributed by atoms with Gasteiger partial charge < -0.3 is 19.0 Å². The maximum atomic E-state index is 13.2. The lowest BCUT2D eigenvalue weighted by molar-refractivity contribution is -0.133. The number of carbonyl (C=O) groups is 1. The normalized spacial score (nSPS) is 20.0. The molecule has 1 saturated heterocycles. The molecule has 3 aromatic rings. The van der Waals surface area contributed by atoms with Crippen molar-refractivity contribution in [2.75, 3.05) is 13.1 Å². The van der Waals surface area contributed by atoms with E-state index in [1.807, 2.05) is 22.5 Å². The van der Waals surface area contributed by atoms with Crippen molar-refractivity contribution >= 4 is 16.9 Å². The highest BCUT2D eigenvalue weighted by Gasteiger charge is 2.36. The van der Waals surface area contributed by atoms with Crippen LogP contribution >= 0.6 is 0 Å². The summed E-state index contributed by atoms with van der Waals surface area (Å²) in [4.78, 5) is 39.9. The van der Waals surface area contributed by atoms with Crippen molar-refractivity contribution < 1.29 is 14.3 Å². The quantitative estimate of drug-likeness (QED) is 0.643. The number of benzene rings is 1. The second-order valence-electron chi connectivity index (χ2n) is 8.75. The van der Waals surface area contributed by atoms with Crippen molar-refractivity contribution in [2.45, 2.75) is 39.2 Å². The van der Waals surface area contributed by atoms with Crippen LogP contribution in [0, 0.1) is 19.8 Å². The van der Waals surface area contributed by atoms with Gasteiger partial charge in [0.25, 0.3) is 5.56 Å². The Morgan fingerprint density at radius 2 is 1.90 bits per heavy atom. The van der Waals surface area contributed by atoms with E-state index < -0.39 is 5.63 Å². The smallest absolute Gasteiger partial charge is 0.340 e. The van der Waals surface area contributed by atoms with Crippen LogP contribution in [-0.4, -0.2) is 33.6 Å². The number of nitrogens with zero attached hydrogens (tertiary/aromatic N) is 2. The lowest BCUT2D eigenvalue weighted by Gasteiger charge is -2.42. The largest absolute Gasteiger partial charge is 0.508 e. The number of aryl methyl sites for hydroxylation is 2. The Morgan fingerprint density at radius 3 is 2.71 bits per heavy atom. The zero-order valence-electron chi connectivity index (χ0n) is 17.6. The molecule has 4 heterocycles. The highest BCUT2D eigenvalue weighted by Crippen LogP contribution is 2.35. The van der Waals surface area contributed by atoms with Crippen LogP contribution in [0.15, 0.2) is 44.3 Å². The zero-order valence-corrected chi connectivity index (χ0v) is 17.6. The van der Waals surface area contributed by atoms with Gasteiger partial charge in [-0.3, -0.25) is 9.59 Å². The minimum Gasteiger partial charge on any atom is -0.508 e. The lowest BCUT2D eigenvalue weighted by atomic mass is 9.83. The van der Waals surface area contributed by atoms with Crippen LogP contribution in [0.1, 0.15) is 34.7 Å². The highest BCUT2D eigenvalue weighted by molar-refractivity contribution is 5.87. The van der Waals surface area contributed by atoms with E-state index in [-0.39, 0.29) is 35.5 Å². The number of phenols is 1. The summed E-state index contributed by atoms with van der Waals surface area (Å²) in [6.45, 7) is 5.26. The molecule has 2 atom stereocenters. The van der Waals surface area contributed by atoms with E-state index in [1.165, 1.54) is 0 Å². The molecule has 5 rings (SSSR count). The fourth-order valence-corrected chi connectivity index (χ4v) is 5.15. The van der Waals surface area contributed by atoms with Crippen LogP contribution in [0.2, 0.25) is 0 Å². The number of phenolic OH excluding ortho intramolecular Hbond substituents is 1. The molecular formula is C24H24N2O5. The van der Waals surface area contributed by atoms with Crippen LogP contribution in [-0.2, 0) is 17.8 Å². The number of hydrogen-bond donors (Lipinski definition) is 1. The monoisotopic (exact) mass is 420 g/mol. The minimum atomic E-state index is -0.541. The molecule has 1 N–H and O–H groups in total. The average molecular weight is 420 g/mol. The molecule has 0 radical (unpaired) electrons. The molecule has 0 unspecified atom stereocenters. The fourth-order valence-electron chi connectivity index (χ4n) is 5.15. The lowest BCUT2D eigenvalue weighted by Crippen LogP contribution is -2.49. The second-order valence-corrected chi connectivity index (χ2v) is 8.75. The number of rotatable bonds is 2. The Bertz CT molecular complexity index is 1340. The Labute approximate surface area is 178 Å². The summed E-state index contributed by atoms with van der Waals surface area (Å²) >= 11 is 0. The maximum Gasteiger partial charge on any atom is 0.340 e. The van der Waals surface area contributed by atoms with Gasteiger partial charge in [0, 0.05) is 48.3 Å². The van der Waals surface area contributed by atoms with Crippen LogP contribution in [0.4, 0.5) is 0 Å². The fraction of sp³-hybridized carbons (Fsp3) is 0.375. The number of amides is 1. The first kappa shape index (κ1) is 19.6. The van der Waals surface area contributed by atoms with E-state index in [9.17, 15) is 19.5 Å². The van der Waals surface area contributed by atoms with Crippen molar-refractivity contribution in [3.8, 4) is 5.75 Å². The van der Waals surface area contributed by atoms with Crippen LogP contribution in [0.3, 0.4) is 0 Å². The van der Waals surface area contributed by atoms with Crippen LogP contribution < -0.4 is 11.2 Å². The first-order valence-electron chi connectivity index (χ1n) is 10.6. The van der Waals surface area contributed by atoms with E-state index in [1.54, 1.807) is 31.2 Å². The predicted molar refractivity (Wildman–Crippen MR) is 115 cm³/mol. The van der Waals surface area contributed by atoms with Gasteiger partial charge in [-0.25, -0.2) is 4.79 Å². The SMILES string of the molecule is Cc1c(CC(=O)N2C[C@H]3C[C@@H](C2)c2cccc(=O)n2C3)c(=O)oc2c(C)c(O)ccc12. The van der Waals surface area contributed by atoms with E-state index in [4.69, 9.17) is 4.42 Å². The number of pyridine rings is 1. The van der Waals surface area contributed by atoms with Crippen molar-refractivity contribution in [1.82, 2.24) is 9.47 Å². The predicted octanol–water partition coefficient (Wildman–Crippen LogP) is 2.47. The van der Waals surface area contributed by atoms with Gasteiger partial charge in [-0.05, 0) is 49.9 Å². The van der Waals surface area contributed by atoms with Gasteiger partial charge in [0.2, 0.25) is 5.91 Å². The van der Waals surface area contributed by atoms with Gasteiger partial charge in [0.1, 0.15) is 11.3 Å². The molecule has 160 valence electrons. The van der Waals surface area contributed by atoms with Crippen LogP contribution in [0.5, 0.6) is 5.75 Å². The third-order valence-electron chi connectivity index (χ3n) is 6.84. The molecule has 1 amide bonds. The Hall–Kier alpha value is -3.35. The van der Waals surface area contributed by atoms with Crippen LogP contribution in [0.25, 0.3) is 11.0 Å². The third-order valence-corrected chi connectivity index (χ3v) is 6.84. The Balaban J connectivity index is 1.44. The van der Waals surface area contributed by atoms with Crippen molar-refractivity contribution in [3.05, 3.63) is 73.5 Å². The summed E-state index contributed by atoms with van der Waals surface area (Å²) in [6.07, 6.45) is 0.943. The molecule has 0 spiro atoms. The van der Waals surface area contributed by atoms with Gasteiger partial charge >= 0.3 is 5.63 Å². The van der Waals surface area contributed by atoms with Crippen molar-refractivity contribution in [1.29, 1.82) is 0 Å². The molecule has 2 aliphatic rings. The number of carbonyl (C=O) groups excluding carboxylic acids is 1. The molecule has 2 aromatic heterocycles. The molecule has 7 nitrogen and oxygen atoms in total. The molecule has 7 heteroatoms. The molecule has 1 aromatic carbocycles. The molecule has 2 bridgehead atoms. The third kappa shape index (κ3) is 3.15. The van der Waals surface area contributed by atoms with Gasteiger partial charge in [-0.15, -0.1) is 0 Å². The van der Waals surface area contributed by atoms with E-state index in [0.29, 0.717) is 41.9 Å². The second kappa shape index (κ2) is 7.11. The van der Waals surface area contributed by atoms with Gasteiger partial charge in [0.05, 0.1) is 12.0 Å². The highest BCUT2D eigenvalue weighted by atomic mass is 16.4. The maximum absolute atomic E-state index is 13.2. The molecule has 1 fully saturated rings. The Morgan fingerprint density at radius 1 is 1.10 bits per heavy atom. The number of aromatic hydroxyl groups is 1. The van der Waals surface area contributed by atoms with Gasteiger partial charge in [-0.2, -0.15) is 0 Å². The van der Waals surface area contributed by atoms with E-state index >= 15 is 0 Å². The molecule has 2 aliphatic heterocycles. The summed E-state index contributed by atoms with van der Waals surface area (Å²) in [5.41, 5.74) is 2.38. The first-order chi connectivity index (χ1) is 14.8. The number of hydrogen-bond acceptors (Lipinski definition) is 5. The topological polar surface area (TPSA) is 92.8 Å². The van der Waals surface area contributed by atoms with Gasteiger partial charge in [0.15, 0.2) is 0 Å². The summed E-state index contributed by atoms with van der Waals surface area (Å²) in [7, 11) is 0. The Kier molecular flexibility index (Phi) is 4.50. The minimum absolute atomic E-state index is 0.0118. The summed E-state index contributed by atoms with van der Waals surface area (Å²) < 4.78 is 7.32. The van der Waals surface area contributed by atoms with Crippen molar-refractivity contribution in [2.24, 2.45) is 5.92 Å². The molecular weight excluding hydrogens is 396 g/mol. The standard InChI is InChI=1S/C24H24N2O5/c1-13-17-6-7-20(27)14(2)23(17)31-24(30)18(13)9-22(29)25-10-15-8-16(12-25)19-4-3-5-21(28)26(19)11-15/h3-7,15-16,27H,8-12H2,1-2H3/t15-,16+/m1/s1. The average Bonchev–Trinajstić information content (AvgIpc) is 2.74. The number of fused-ring (bicyclic) bond motifs is 5. The van der Waals surface area contributed by atoms with E-state index in [0.717, 1.165) is 17.5 Å². The molecule has 31 heavy (non-hydrogen) atoms. The summed E-state index contributed by atoms with van der Waals surface area (Å²) in [6, 6.07) is 8.61. The number of likely N-dealkylation sites (tertiary alicyclic amines) is 1. The molecule has 0 aliphatic carbocycles. The number of aromatic nitrogens is 1. The van der Waals surface area contributed by atoms with Gasteiger partial charge in [-0.1, -0.05) is 6.07 Å². The number of piperidine rings is 1. The van der Waals surface area contributed by atoms with Crippen molar-refractivity contribution in [3.63, 3.8) is 0 Å². The first-order valence-corrected chi connectivity index (χ1v) is 10.6. The van der Waals surface area contributed by atoms with E-state index in [2.05, 4.69) is 0 Å². The zero-order chi connectivity index (χ0) is 21.9. The summed E-state index contributed by atoms with van der Waals surface area (Å²) in [5.74, 6) is 0.324. The summed E-state index contributed by atoms with van der Waals surface area (Å²) in [5, 5.41) is 10.6. The molecule has 0 saturated carbocycles.